The lowest BCUT2D eigenvalue weighted by Gasteiger charge is -2.20. The SMILES string of the molecule is O=S(=O)(c1cc(Cl)c(Br)c(Cl)c1)C(Cl)(Cl)SCc1ccccc1. The normalized spacial score (nSPS) is 12.4. The van der Waals surface area contributed by atoms with Crippen LogP contribution in [0.3, 0.4) is 0 Å². The summed E-state index contributed by atoms with van der Waals surface area (Å²) in [5.41, 5.74) is 0.908. The molecule has 0 amide bonds. The lowest BCUT2D eigenvalue weighted by atomic mass is 10.2. The average molecular weight is 495 g/mol. The number of thioether (sulfide) groups is 1. The third-order valence-corrected chi connectivity index (χ3v) is 9.92. The van der Waals surface area contributed by atoms with Crippen LogP contribution in [0.2, 0.25) is 10.0 Å². The first-order valence-electron chi connectivity index (χ1n) is 6.10. The van der Waals surface area contributed by atoms with E-state index in [1.807, 2.05) is 30.3 Å². The van der Waals surface area contributed by atoms with Gasteiger partial charge < -0.3 is 0 Å². The fraction of sp³-hybridized carbons (Fsp3) is 0.143. The van der Waals surface area contributed by atoms with Gasteiger partial charge in [0.05, 0.1) is 19.4 Å². The van der Waals surface area contributed by atoms with Gasteiger partial charge in [-0.3, -0.25) is 0 Å². The predicted octanol–water partition coefficient (Wildman–Crippen LogP) is 6.55. The van der Waals surface area contributed by atoms with Gasteiger partial charge in [0.2, 0.25) is 9.84 Å². The number of hydrogen-bond donors (Lipinski definition) is 0. The Hall–Kier alpha value is 0.380. The molecule has 0 aliphatic heterocycles. The summed E-state index contributed by atoms with van der Waals surface area (Å²) in [6, 6.07) is 11.8. The highest BCUT2D eigenvalue weighted by atomic mass is 79.9. The molecule has 23 heavy (non-hydrogen) atoms. The van der Waals surface area contributed by atoms with Gasteiger partial charge in [0.15, 0.2) is 0 Å². The van der Waals surface area contributed by atoms with Crippen LogP contribution in [0.25, 0.3) is 0 Å². The van der Waals surface area contributed by atoms with Gasteiger partial charge in [-0.2, -0.15) is 0 Å². The summed E-state index contributed by atoms with van der Waals surface area (Å²) in [4.78, 5) is -0.138. The van der Waals surface area contributed by atoms with Crippen LogP contribution in [0, 0.1) is 0 Å². The fourth-order valence-corrected chi connectivity index (χ4v) is 5.78. The van der Waals surface area contributed by atoms with Gasteiger partial charge in [0.1, 0.15) is 0 Å². The molecule has 0 aliphatic rings. The minimum Gasteiger partial charge on any atom is -0.220 e. The molecule has 0 unspecified atom stereocenters. The second-order valence-electron chi connectivity index (χ2n) is 4.44. The minimum absolute atomic E-state index is 0.138. The Morgan fingerprint density at radius 1 is 1.04 bits per heavy atom. The molecule has 2 rings (SSSR count). The lowest BCUT2D eigenvalue weighted by molar-refractivity contribution is 0.597. The first-order valence-corrected chi connectivity index (χ1v) is 10.9. The van der Waals surface area contributed by atoms with E-state index in [1.54, 1.807) is 0 Å². The number of alkyl halides is 2. The van der Waals surface area contributed by atoms with Crippen molar-refractivity contribution in [2.45, 2.75) is 13.6 Å². The van der Waals surface area contributed by atoms with Crippen molar-refractivity contribution in [3.8, 4) is 0 Å². The van der Waals surface area contributed by atoms with E-state index in [0.717, 1.165) is 17.3 Å². The van der Waals surface area contributed by atoms with E-state index in [4.69, 9.17) is 46.4 Å². The third-order valence-electron chi connectivity index (χ3n) is 2.83. The lowest BCUT2D eigenvalue weighted by Crippen LogP contribution is -2.23. The van der Waals surface area contributed by atoms with E-state index >= 15 is 0 Å². The molecule has 0 aromatic heterocycles. The van der Waals surface area contributed by atoms with Crippen LogP contribution in [0.4, 0.5) is 0 Å². The minimum atomic E-state index is -4.07. The zero-order valence-corrected chi connectivity index (χ0v) is 17.5. The molecular formula is C14H9BrCl4O2S2. The van der Waals surface area contributed by atoms with Crippen molar-refractivity contribution < 1.29 is 8.42 Å². The number of rotatable bonds is 5. The maximum absolute atomic E-state index is 12.7. The summed E-state index contributed by atoms with van der Waals surface area (Å²) in [7, 11) is -4.07. The average Bonchev–Trinajstić information content (AvgIpc) is 2.51. The maximum atomic E-state index is 12.7. The largest absolute Gasteiger partial charge is 0.269 e. The highest BCUT2D eigenvalue weighted by molar-refractivity contribution is 9.10. The van der Waals surface area contributed by atoms with Crippen LogP contribution >= 0.6 is 74.1 Å². The molecule has 0 heterocycles. The highest BCUT2D eigenvalue weighted by Crippen LogP contribution is 2.46. The second-order valence-corrected chi connectivity index (χ2v) is 11.8. The molecule has 9 heteroatoms. The quantitative estimate of drug-likeness (QED) is 0.349. The highest BCUT2D eigenvalue weighted by Gasteiger charge is 2.42. The Morgan fingerprint density at radius 2 is 1.57 bits per heavy atom. The van der Waals surface area contributed by atoms with E-state index in [1.165, 1.54) is 12.1 Å². The van der Waals surface area contributed by atoms with Crippen LogP contribution < -0.4 is 0 Å². The third kappa shape index (κ3) is 4.51. The first-order chi connectivity index (χ1) is 10.6. The number of benzene rings is 2. The predicted molar refractivity (Wildman–Crippen MR) is 104 cm³/mol. The van der Waals surface area contributed by atoms with E-state index in [0.29, 0.717) is 10.2 Å². The molecule has 0 saturated carbocycles. The summed E-state index contributed by atoms with van der Waals surface area (Å²) in [5.74, 6) is 0.338. The number of sulfone groups is 1. The summed E-state index contributed by atoms with van der Waals surface area (Å²) in [6.07, 6.45) is 0. The van der Waals surface area contributed by atoms with Crippen molar-refractivity contribution in [1.29, 1.82) is 0 Å². The van der Waals surface area contributed by atoms with Gasteiger partial charge in [-0.05, 0) is 33.6 Å². The fourth-order valence-electron chi connectivity index (χ4n) is 1.64. The van der Waals surface area contributed by atoms with Gasteiger partial charge in [0.25, 0.3) is 3.00 Å². The zero-order valence-electron chi connectivity index (χ0n) is 11.3. The van der Waals surface area contributed by atoms with Crippen LogP contribution in [0.15, 0.2) is 51.8 Å². The Morgan fingerprint density at radius 3 is 2.09 bits per heavy atom. The topological polar surface area (TPSA) is 34.1 Å². The molecule has 0 N–H and O–H groups in total. The van der Waals surface area contributed by atoms with Crippen molar-refractivity contribution in [3.05, 3.63) is 62.5 Å². The molecule has 0 atom stereocenters. The molecule has 0 spiro atoms. The molecule has 2 aromatic rings. The monoisotopic (exact) mass is 492 g/mol. The molecule has 124 valence electrons. The Labute approximate surface area is 167 Å². The van der Waals surface area contributed by atoms with Gasteiger partial charge in [-0.1, -0.05) is 76.7 Å². The summed E-state index contributed by atoms with van der Waals surface area (Å²) >= 11 is 28.2. The maximum Gasteiger partial charge on any atom is 0.269 e. The second kappa shape index (κ2) is 7.73. The van der Waals surface area contributed by atoms with E-state index in [-0.39, 0.29) is 14.9 Å². The Bertz CT molecular complexity index is 788. The van der Waals surface area contributed by atoms with Crippen molar-refractivity contribution in [2.75, 3.05) is 0 Å². The first kappa shape index (κ1) is 19.7. The van der Waals surface area contributed by atoms with E-state index in [9.17, 15) is 8.42 Å². The Balaban J connectivity index is 2.30. The summed E-state index contributed by atoms with van der Waals surface area (Å²) in [5, 5.41) is 0.321. The number of hydrogen-bond acceptors (Lipinski definition) is 3. The van der Waals surface area contributed by atoms with Gasteiger partial charge in [-0.15, -0.1) is 11.8 Å². The van der Waals surface area contributed by atoms with Gasteiger partial charge in [-0.25, -0.2) is 8.42 Å². The van der Waals surface area contributed by atoms with Crippen molar-refractivity contribution >= 4 is 83.9 Å². The van der Waals surface area contributed by atoms with Crippen LogP contribution in [-0.4, -0.2) is 11.4 Å². The summed E-state index contributed by atoms with van der Waals surface area (Å²) < 4.78 is 23.7. The van der Waals surface area contributed by atoms with E-state index in [2.05, 4.69) is 15.9 Å². The van der Waals surface area contributed by atoms with E-state index < -0.39 is 12.8 Å². The Kier molecular flexibility index (Phi) is 6.62. The number of halogens is 5. The van der Waals surface area contributed by atoms with Crippen molar-refractivity contribution in [2.24, 2.45) is 0 Å². The standard InChI is InChI=1S/C14H9BrCl4O2S2/c15-13-11(16)6-10(7-12(13)17)23(20,21)14(18,19)22-8-9-4-2-1-3-5-9/h1-7H,8H2. The van der Waals surface area contributed by atoms with Crippen molar-refractivity contribution in [1.82, 2.24) is 0 Å². The summed E-state index contributed by atoms with van der Waals surface area (Å²) in [6.45, 7) is 0. The van der Waals surface area contributed by atoms with Crippen molar-refractivity contribution in [3.63, 3.8) is 0 Å². The van der Waals surface area contributed by atoms with Crippen LogP contribution in [0.5, 0.6) is 0 Å². The van der Waals surface area contributed by atoms with Crippen LogP contribution in [0.1, 0.15) is 5.56 Å². The van der Waals surface area contributed by atoms with Gasteiger partial charge in [0, 0.05) is 5.75 Å². The smallest absolute Gasteiger partial charge is 0.220 e. The molecule has 0 fully saturated rings. The zero-order chi connectivity index (χ0) is 17.3. The molecule has 2 nitrogen and oxygen atoms in total. The molecule has 2 aromatic carbocycles. The molecule has 0 aliphatic carbocycles. The molecule has 0 radical (unpaired) electrons. The van der Waals surface area contributed by atoms with Gasteiger partial charge >= 0.3 is 0 Å². The molecule has 0 saturated heterocycles. The molecular weight excluding hydrogens is 486 g/mol. The molecule has 0 bridgehead atoms. The van der Waals surface area contributed by atoms with Crippen LogP contribution in [-0.2, 0) is 15.6 Å².